The van der Waals surface area contributed by atoms with Gasteiger partial charge in [-0.05, 0) is 42.8 Å². The Morgan fingerprint density at radius 2 is 1.80 bits per heavy atom. The monoisotopic (exact) mass is 558 g/mol. The first-order chi connectivity index (χ1) is 19.3. The number of nitrogens with zero attached hydrogens (tertiary/aromatic N) is 6. The molecule has 1 aliphatic rings. The van der Waals surface area contributed by atoms with E-state index < -0.39 is 15.6 Å². The van der Waals surface area contributed by atoms with Crippen LogP contribution in [0, 0.1) is 23.2 Å². The predicted octanol–water partition coefficient (Wildman–Crippen LogP) is 1.39. The molecule has 0 bridgehead atoms. The van der Waals surface area contributed by atoms with Crippen molar-refractivity contribution in [1.82, 2.24) is 24.4 Å². The van der Waals surface area contributed by atoms with E-state index in [1.54, 1.807) is 35.8 Å². The van der Waals surface area contributed by atoms with Crippen LogP contribution in [0.4, 0.5) is 5.95 Å². The van der Waals surface area contributed by atoms with Gasteiger partial charge < -0.3 is 15.0 Å². The average molecular weight is 559 g/mol. The molecule has 2 aromatic heterocycles. The van der Waals surface area contributed by atoms with Crippen LogP contribution in [-0.2, 0) is 23.1 Å². The molecule has 1 aliphatic heterocycles. The van der Waals surface area contributed by atoms with Crippen LogP contribution in [0.5, 0.6) is 11.8 Å². The highest BCUT2D eigenvalue weighted by molar-refractivity contribution is 7.89. The molecule has 0 unspecified atom stereocenters. The van der Waals surface area contributed by atoms with E-state index in [0.29, 0.717) is 30.2 Å². The summed E-state index contributed by atoms with van der Waals surface area (Å²) in [6.45, 7) is 4.92. The minimum Gasteiger partial charge on any atom is -0.425 e. The molecule has 2 aromatic carbocycles. The molecule has 1 fully saturated rings. The third-order valence-corrected chi connectivity index (χ3v) is 7.38. The van der Waals surface area contributed by atoms with Crippen LogP contribution in [0.15, 0.2) is 58.2 Å². The zero-order valence-electron chi connectivity index (χ0n) is 21.7. The number of nitrogens with two attached hydrogens (primary N) is 1. The summed E-state index contributed by atoms with van der Waals surface area (Å²) in [5, 5.41) is 18.2. The summed E-state index contributed by atoms with van der Waals surface area (Å²) in [7, 11) is -3.89. The van der Waals surface area contributed by atoms with Crippen molar-refractivity contribution in [2.45, 2.75) is 24.9 Å². The highest BCUT2D eigenvalue weighted by Crippen LogP contribution is 2.26. The Hall–Kier alpha value is -4.69. The van der Waals surface area contributed by atoms with Crippen molar-refractivity contribution in [3.63, 3.8) is 0 Å². The fourth-order valence-corrected chi connectivity index (χ4v) is 4.97. The van der Waals surface area contributed by atoms with Gasteiger partial charge in [0.1, 0.15) is 5.75 Å². The Kier molecular flexibility index (Phi) is 7.53. The van der Waals surface area contributed by atoms with Gasteiger partial charge in [0.2, 0.25) is 16.0 Å². The quantitative estimate of drug-likeness (QED) is 0.319. The number of piperazine rings is 1. The van der Waals surface area contributed by atoms with Crippen molar-refractivity contribution in [2.75, 3.05) is 31.1 Å². The van der Waals surface area contributed by atoms with Gasteiger partial charge in [-0.1, -0.05) is 24.1 Å². The van der Waals surface area contributed by atoms with Crippen LogP contribution in [0.25, 0.3) is 11.2 Å². The molecule has 3 N–H and O–H groups in total. The Balaban J connectivity index is 1.69. The van der Waals surface area contributed by atoms with E-state index in [0.717, 1.165) is 13.1 Å². The maximum atomic E-state index is 14.1. The normalized spacial score (nSPS) is 13.5. The van der Waals surface area contributed by atoms with E-state index in [2.05, 4.69) is 33.1 Å². The van der Waals surface area contributed by atoms with E-state index in [1.807, 2.05) is 0 Å². The fraction of sp³-hybridized carbons (Fsp3) is 0.259. The molecule has 0 radical (unpaired) electrons. The summed E-state index contributed by atoms with van der Waals surface area (Å²) in [5.74, 6) is 6.73. The number of primary sulfonamides is 1. The van der Waals surface area contributed by atoms with Crippen LogP contribution in [0.2, 0.25) is 0 Å². The molecule has 204 valence electrons. The minimum absolute atomic E-state index is 0.00368. The van der Waals surface area contributed by atoms with Gasteiger partial charge in [0, 0.05) is 26.2 Å². The zero-order valence-corrected chi connectivity index (χ0v) is 22.5. The van der Waals surface area contributed by atoms with Gasteiger partial charge in [-0.3, -0.25) is 13.9 Å². The molecule has 0 aliphatic carbocycles. The number of anilines is 1. The average Bonchev–Trinajstić information content (AvgIpc) is 3.32. The summed E-state index contributed by atoms with van der Waals surface area (Å²) in [5.41, 5.74) is 1.05. The maximum Gasteiger partial charge on any atom is 0.307 e. The molecule has 13 heteroatoms. The zero-order chi connectivity index (χ0) is 28.3. The number of fused-ring (bicyclic) bond motifs is 1. The second-order valence-corrected chi connectivity index (χ2v) is 10.6. The number of hydrogen-bond donors (Lipinski definition) is 2. The first kappa shape index (κ1) is 26.9. The molecule has 0 saturated carbocycles. The summed E-state index contributed by atoms with van der Waals surface area (Å²) in [4.78, 5) is 25.5. The Labute approximate surface area is 230 Å². The van der Waals surface area contributed by atoms with Gasteiger partial charge in [-0.25, -0.2) is 13.6 Å². The van der Waals surface area contributed by atoms with Crippen molar-refractivity contribution >= 4 is 27.1 Å². The number of nitriles is 1. The van der Waals surface area contributed by atoms with Crippen LogP contribution in [-0.4, -0.2) is 53.7 Å². The van der Waals surface area contributed by atoms with Crippen molar-refractivity contribution in [3.05, 3.63) is 70.0 Å². The lowest BCUT2D eigenvalue weighted by molar-refractivity contribution is 0.407. The van der Waals surface area contributed by atoms with E-state index in [9.17, 15) is 18.5 Å². The van der Waals surface area contributed by atoms with Gasteiger partial charge in [-0.2, -0.15) is 15.2 Å². The van der Waals surface area contributed by atoms with Crippen LogP contribution in [0.3, 0.4) is 0 Å². The van der Waals surface area contributed by atoms with Crippen molar-refractivity contribution < 1.29 is 13.2 Å². The topological polar surface area (TPSA) is 161 Å². The second kappa shape index (κ2) is 11.2. The largest absolute Gasteiger partial charge is 0.425 e. The number of nitrogens with one attached hydrogen (secondary N) is 1. The number of hydrogen-bond acceptors (Lipinski definition) is 9. The number of benzene rings is 2. The van der Waals surface area contributed by atoms with Crippen molar-refractivity contribution in [1.29, 1.82) is 5.26 Å². The van der Waals surface area contributed by atoms with Crippen LogP contribution >= 0.6 is 0 Å². The first-order valence-corrected chi connectivity index (χ1v) is 14.0. The number of rotatable bonds is 7. The van der Waals surface area contributed by atoms with Gasteiger partial charge in [0.05, 0.1) is 29.6 Å². The van der Waals surface area contributed by atoms with E-state index >= 15 is 0 Å². The molecular formula is C27H26N8O4S. The second-order valence-electron chi connectivity index (χ2n) is 9.01. The number of ether oxygens (including phenoxy) is 1. The Morgan fingerprint density at radius 3 is 2.48 bits per heavy atom. The summed E-state index contributed by atoms with van der Waals surface area (Å²) in [6.07, 6.45) is 0. The molecule has 4 aromatic rings. The smallest absolute Gasteiger partial charge is 0.307 e. The molecular weight excluding hydrogens is 532 g/mol. The minimum atomic E-state index is -3.89. The Bertz CT molecular complexity index is 1840. The van der Waals surface area contributed by atoms with E-state index in [-0.39, 0.29) is 40.9 Å². The van der Waals surface area contributed by atoms with Gasteiger partial charge >= 0.3 is 6.01 Å². The van der Waals surface area contributed by atoms with Gasteiger partial charge in [0.15, 0.2) is 11.2 Å². The molecule has 0 spiro atoms. The standard InChI is InChI=1S/C27H26N8O4S/c1-2-3-14-34-23-24(31-26(34)33-15-12-30-13-16-33)32-27(39-21-8-10-22(11-9-21)40(29,37)38)35(25(23)36)18-20-7-5-4-6-19(20)17-28/h4-11,30H,12-16,18H2,1H3,(H2,29,37,38). The SMILES string of the molecule is CC#CCn1c(N2CCNCC2)nc2nc(Oc3ccc(S(N)(=O)=O)cc3)n(Cc3ccccc3C#N)c(=O)c21. The summed E-state index contributed by atoms with van der Waals surface area (Å²) in [6, 6.07) is 14.5. The lowest BCUT2D eigenvalue weighted by Gasteiger charge is -2.28. The Morgan fingerprint density at radius 1 is 1.07 bits per heavy atom. The number of sulfonamides is 1. The van der Waals surface area contributed by atoms with Crippen LogP contribution < -0.4 is 25.7 Å². The van der Waals surface area contributed by atoms with E-state index in [4.69, 9.17) is 14.9 Å². The molecule has 0 atom stereocenters. The molecule has 40 heavy (non-hydrogen) atoms. The predicted molar refractivity (Wildman–Crippen MR) is 148 cm³/mol. The number of imidazole rings is 1. The van der Waals surface area contributed by atoms with E-state index in [1.165, 1.54) is 28.8 Å². The van der Waals surface area contributed by atoms with Crippen molar-refractivity contribution in [2.24, 2.45) is 5.14 Å². The number of aromatic nitrogens is 4. The van der Waals surface area contributed by atoms with Gasteiger partial charge in [0.25, 0.3) is 5.56 Å². The summed E-state index contributed by atoms with van der Waals surface area (Å²) < 4.78 is 32.5. The van der Waals surface area contributed by atoms with Crippen molar-refractivity contribution in [3.8, 4) is 29.7 Å². The lowest BCUT2D eigenvalue weighted by Crippen LogP contribution is -2.44. The van der Waals surface area contributed by atoms with Crippen LogP contribution in [0.1, 0.15) is 18.1 Å². The fourth-order valence-electron chi connectivity index (χ4n) is 4.46. The first-order valence-electron chi connectivity index (χ1n) is 12.4. The molecule has 5 rings (SSSR count). The molecule has 0 amide bonds. The lowest BCUT2D eigenvalue weighted by atomic mass is 10.1. The third-order valence-electron chi connectivity index (χ3n) is 6.45. The molecule has 3 heterocycles. The molecule has 12 nitrogen and oxygen atoms in total. The maximum absolute atomic E-state index is 14.1. The van der Waals surface area contributed by atoms with Gasteiger partial charge in [-0.15, -0.1) is 5.92 Å². The highest BCUT2D eigenvalue weighted by atomic mass is 32.2. The third kappa shape index (κ3) is 5.39. The molecule has 1 saturated heterocycles. The summed E-state index contributed by atoms with van der Waals surface area (Å²) >= 11 is 0. The highest BCUT2D eigenvalue weighted by Gasteiger charge is 2.25.